The minimum Gasteiger partial charge on any atom is -0.508 e. The molecular formula is C29H34O7. The highest BCUT2D eigenvalue weighted by Crippen LogP contribution is 2.43. The van der Waals surface area contributed by atoms with Crippen LogP contribution in [0.2, 0.25) is 0 Å². The fraction of sp³-hybridized carbons (Fsp3) is 0.379. The molecular weight excluding hydrogens is 460 g/mol. The lowest BCUT2D eigenvalue weighted by Crippen LogP contribution is -2.18. The molecule has 0 spiro atoms. The molecule has 3 aromatic rings. The molecule has 0 aliphatic heterocycles. The summed E-state index contributed by atoms with van der Waals surface area (Å²) in [7, 11) is 4.83. The third-order valence-corrected chi connectivity index (χ3v) is 6.46. The van der Waals surface area contributed by atoms with E-state index in [9.17, 15) is 5.11 Å². The van der Waals surface area contributed by atoms with E-state index < -0.39 is 0 Å². The first kappa shape index (κ1) is 25.8. The molecule has 4 rings (SSSR count). The number of hydrogen-bond acceptors (Lipinski definition) is 7. The maximum Gasteiger partial charge on any atom is 0.188 e. The summed E-state index contributed by atoms with van der Waals surface area (Å²) in [5.41, 5.74) is 5.90. The molecule has 1 atom stereocenters. The molecule has 1 N–H and O–H groups in total. The number of methoxy groups -OCH3 is 3. The third kappa shape index (κ3) is 6.29. The standard InChI is InChI=1S/C29H34O7/c1-31-17-34-24-11-6-21(7-12-24)22-8-13-25-26(15-22)27(14-20-4-9-23(30)10-5-20)29(36-19-33-3)16-28(25)35-18-32-2/h4-7,9-12,16,22,30H,8,13-15,17-19H2,1-3H3. The molecule has 0 saturated heterocycles. The molecule has 0 heterocycles. The average Bonchev–Trinajstić information content (AvgIpc) is 2.91. The van der Waals surface area contributed by atoms with Gasteiger partial charge in [-0.25, -0.2) is 0 Å². The zero-order valence-corrected chi connectivity index (χ0v) is 21.1. The zero-order chi connectivity index (χ0) is 25.3. The second-order valence-corrected chi connectivity index (χ2v) is 8.81. The topological polar surface area (TPSA) is 75.6 Å². The first-order chi connectivity index (χ1) is 17.6. The number of benzene rings is 3. The van der Waals surface area contributed by atoms with Gasteiger partial charge in [0, 0.05) is 39.4 Å². The molecule has 192 valence electrons. The Morgan fingerprint density at radius 3 is 2.06 bits per heavy atom. The number of ether oxygens (including phenoxy) is 6. The van der Waals surface area contributed by atoms with Crippen LogP contribution in [0.5, 0.6) is 23.0 Å². The Kier molecular flexibility index (Phi) is 9.06. The van der Waals surface area contributed by atoms with E-state index in [4.69, 9.17) is 28.4 Å². The SMILES string of the molecule is COCOc1ccc(C2CCc3c(OCOC)cc(OCOC)c(Cc4ccc(O)cc4)c3C2)cc1. The number of phenols is 1. The van der Waals surface area contributed by atoms with Crippen molar-refractivity contribution >= 4 is 0 Å². The van der Waals surface area contributed by atoms with Crippen LogP contribution in [0.4, 0.5) is 0 Å². The molecule has 0 aromatic heterocycles. The van der Waals surface area contributed by atoms with Gasteiger partial charge in [0.1, 0.15) is 23.0 Å². The molecule has 7 heteroatoms. The molecule has 0 bridgehead atoms. The van der Waals surface area contributed by atoms with Crippen LogP contribution >= 0.6 is 0 Å². The highest BCUT2D eigenvalue weighted by molar-refractivity contribution is 5.56. The van der Waals surface area contributed by atoms with Gasteiger partial charge in [-0.3, -0.25) is 0 Å². The average molecular weight is 495 g/mol. The summed E-state index contributed by atoms with van der Waals surface area (Å²) in [5.74, 6) is 2.90. The van der Waals surface area contributed by atoms with Crippen molar-refractivity contribution in [2.24, 2.45) is 0 Å². The second-order valence-electron chi connectivity index (χ2n) is 8.81. The van der Waals surface area contributed by atoms with Crippen LogP contribution in [0.15, 0.2) is 54.6 Å². The fourth-order valence-electron chi connectivity index (χ4n) is 4.72. The van der Waals surface area contributed by atoms with Crippen molar-refractivity contribution in [3.05, 3.63) is 82.4 Å². The van der Waals surface area contributed by atoms with E-state index >= 15 is 0 Å². The van der Waals surface area contributed by atoms with Crippen LogP contribution in [0.3, 0.4) is 0 Å². The van der Waals surface area contributed by atoms with Gasteiger partial charge in [0.25, 0.3) is 0 Å². The lowest BCUT2D eigenvalue weighted by molar-refractivity contribution is 0.0449. The Balaban J connectivity index is 1.71. The predicted octanol–water partition coefficient (Wildman–Crippen LogP) is 5.20. The normalized spacial score (nSPS) is 14.8. The van der Waals surface area contributed by atoms with Gasteiger partial charge in [0.05, 0.1) is 0 Å². The summed E-state index contributed by atoms with van der Waals surface area (Å²) in [6, 6.07) is 17.5. The molecule has 1 aliphatic rings. The van der Waals surface area contributed by atoms with Crippen LogP contribution in [0, 0.1) is 0 Å². The molecule has 1 aliphatic carbocycles. The number of fused-ring (bicyclic) bond motifs is 1. The van der Waals surface area contributed by atoms with Gasteiger partial charge < -0.3 is 33.5 Å². The van der Waals surface area contributed by atoms with Crippen molar-refractivity contribution in [3.63, 3.8) is 0 Å². The summed E-state index contributed by atoms with van der Waals surface area (Å²) >= 11 is 0. The van der Waals surface area contributed by atoms with Gasteiger partial charge in [-0.2, -0.15) is 0 Å². The molecule has 3 aromatic carbocycles. The largest absolute Gasteiger partial charge is 0.508 e. The Morgan fingerprint density at radius 1 is 0.750 bits per heavy atom. The van der Waals surface area contributed by atoms with Crippen LogP contribution < -0.4 is 14.2 Å². The summed E-state index contributed by atoms with van der Waals surface area (Å²) < 4.78 is 33.0. The van der Waals surface area contributed by atoms with Crippen molar-refractivity contribution in [3.8, 4) is 23.0 Å². The number of aromatic hydroxyl groups is 1. The van der Waals surface area contributed by atoms with E-state index in [-0.39, 0.29) is 26.1 Å². The quantitative estimate of drug-likeness (QED) is 0.347. The molecule has 1 unspecified atom stereocenters. The van der Waals surface area contributed by atoms with E-state index in [1.54, 1.807) is 33.5 Å². The number of phenolic OH excluding ortho intramolecular Hbond substituents is 1. The van der Waals surface area contributed by atoms with E-state index in [0.717, 1.165) is 47.6 Å². The van der Waals surface area contributed by atoms with Crippen molar-refractivity contribution in [1.82, 2.24) is 0 Å². The van der Waals surface area contributed by atoms with E-state index in [1.807, 2.05) is 30.3 Å². The highest BCUT2D eigenvalue weighted by atomic mass is 16.7. The first-order valence-electron chi connectivity index (χ1n) is 12.0. The van der Waals surface area contributed by atoms with Crippen LogP contribution in [0.25, 0.3) is 0 Å². The van der Waals surface area contributed by atoms with Gasteiger partial charge >= 0.3 is 0 Å². The van der Waals surface area contributed by atoms with Crippen molar-refractivity contribution in [2.45, 2.75) is 31.6 Å². The van der Waals surface area contributed by atoms with Crippen molar-refractivity contribution in [2.75, 3.05) is 41.7 Å². The minimum absolute atomic E-state index is 0.136. The Hall–Kier alpha value is -3.26. The number of hydrogen-bond donors (Lipinski definition) is 1. The predicted molar refractivity (Wildman–Crippen MR) is 136 cm³/mol. The van der Waals surface area contributed by atoms with Crippen LogP contribution in [-0.4, -0.2) is 46.8 Å². The Labute approximate surface area is 212 Å². The third-order valence-electron chi connectivity index (χ3n) is 6.46. The first-order valence-corrected chi connectivity index (χ1v) is 12.0. The van der Waals surface area contributed by atoms with Gasteiger partial charge in [-0.05, 0) is 71.7 Å². The van der Waals surface area contributed by atoms with Crippen molar-refractivity contribution in [1.29, 1.82) is 0 Å². The van der Waals surface area contributed by atoms with Crippen LogP contribution in [0.1, 0.15) is 40.2 Å². The molecule has 0 fully saturated rings. The van der Waals surface area contributed by atoms with E-state index in [1.165, 1.54) is 16.7 Å². The lowest BCUT2D eigenvalue weighted by Gasteiger charge is -2.30. The fourth-order valence-corrected chi connectivity index (χ4v) is 4.72. The lowest BCUT2D eigenvalue weighted by atomic mass is 9.77. The maximum atomic E-state index is 9.75. The van der Waals surface area contributed by atoms with Gasteiger partial charge in [-0.15, -0.1) is 0 Å². The summed E-state index contributed by atoms with van der Waals surface area (Å²) in [5, 5.41) is 9.75. The maximum absolute atomic E-state index is 9.75. The smallest absolute Gasteiger partial charge is 0.188 e. The van der Waals surface area contributed by atoms with E-state index in [2.05, 4.69) is 12.1 Å². The van der Waals surface area contributed by atoms with Crippen molar-refractivity contribution < 1.29 is 33.5 Å². The van der Waals surface area contributed by atoms with Crippen LogP contribution in [-0.2, 0) is 33.5 Å². The van der Waals surface area contributed by atoms with Gasteiger partial charge in [0.2, 0.25) is 0 Å². The van der Waals surface area contributed by atoms with Gasteiger partial charge in [0.15, 0.2) is 20.4 Å². The second kappa shape index (κ2) is 12.6. The Morgan fingerprint density at radius 2 is 1.39 bits per heavy atom. The zero-order valence-electron chi connectivity index (χ0n) is 21.1. The molecule has 0 amide bonds. The van der Waals surface area contributed by atoms with E-state index in [0.29, 0.717) is 12.3 Å². The highest BCUT2D eigenvalue weighted by Gasteiger charge is 2.28. The summed E-state index contributed by atoms with van der Waals surface area (Å²) in [6.45, 7) is 0.530. The molecule has 0 saturated carbocycles. The monoisotopic (exact) mass is 494 g/mol. The summed E-state index contributed by atoms with van der Waals surface area (Å²) in [4.78, 5) is 0. The minimum atomic E-state index is 0.136. The Bertz CT molecular complexity index is 1110. The molecule has 0 radical (unpaired) electrons. The van der Waals surface area contributed by atoms with Gasteiger partial charge in [-0.1, -0.05) is 24.3 Å². The molecule has 36 heavy (non-hydrogen) atoms. The molecule has 7 nitrogen and oxygen atoms in total. The summed E-state index contributed by atoms with van der Waals surface area (Å²) in [6.07, 6.45) is 3.41. The number of rotatable bonds is 12.